The molecule has 3 heterocycles. The highest BCUT2D eigenvalue weighted by molar-refractivity contribution is 7.88. The molecule has 10 nitrogen and oxygen atoms in total. The van der Waals surface area contributed by atoms with Gasteiger partial charge in [-0.1, -0.05) is 6.07 Å². The Morgan fingerprint density at radius 1 is 1.13 bits per heavy atom. The molecule has 15 heteroatoms. The van der Waals surface area contributed by atoms with Crippen molar-refractivity contribution in [3.8, 4) is 11.3 Å². The normalized spacial score (nSPS) is 18.6. The molecule has 1 fully saturated rings. The number of carbonyl (C=O) groups excluding carboxylic acids is 1. The molecule has 2 aromatic carbocycles. The number of aliphatic hydroxyl groups excluding tert-OH is 1. The van der Waals surface area contributed by atoms with Gasteiger partial charge >= 0.3 is 6.18 Å². The van der Waals surface area contributed by atoms with Gasteiger partial charge in [0.2, 0.25) is 10.0 Å². The molecule has 0 aliphatic carbocycles. The molecule has 1 saturated heterocycles. The Morgan fingerprint density at radius 3 is 2.48 bits per heavy atom. The molecule has 2 unspecified atom stereocenters. The lowest BCUT2D eigenvalue weighted by Gasteiger charge is -2.26. The molecule has 250 valence electrons. The van der Waals surface area contributed by atoms with Crippen LogP contribution in [-0.2, 0) is 42.3 Å². The maximum atomic E-state index is 14.0. The third-order valence-corrected chi connectivity index (χ3v) is 9.88. The lowest BCUT2D eigenvalue weighted by atomic mass is 9.97. The number of alkyl halides is 3. The first kappa shape index (κ1) is 34.0. The van der Waals surface area contributed by atoms with E-state index in [1.165, 1.54) is 28.6 Å². The Kier molecular flexibility index (Phi) is 9.89. The fraction of sp³-hybridized carbons (Fsp3) is 0.484. The molecule has 2 N–H and O–H groups in total. The molecular formula is C31H38F4N6O4S. The van der Waals surface area contributed by atoms with Gasteiger partial charge in [0, 0.05) is 67.6 Å². The highest BCUT2D eigenvalue weighted by Gasteiger charge is 2.35. The predicted molar refractivity (Wildman–Crippen MR) is 164 cm³/mol. The van der Waals surface area contributed by atoms with E-state index in [0.29, 0.717) is 41.5 Å². The lowest BCUT2D eigenvalue weighted by molar-refractivity contribution is -0.138. The van der Waals surface area contributed by atoms with Gasteiger partial charge in [0.1, 0.15) is 5.82 Å². The van der Waals surface area contributed by atoms with Gasteiger partial charge in [-0.05, 0) is 69.0 Å². The van der Waals surface area contributed by atoms with Crippen LogP contribution in [0.2, 0.25) is 0 Å². The maximum absolute atomic E-state index is 14.0. The standard InChI is InChI=1S/C31H38F4N6O4S/c1-38(2)24-10-12-39(16-24)17-25(42)18-41-28-11-13-40(46(3,44)45)19-26(28)29(37-41)21-6-9-27(31(33,34)35)22(14-21)15-36-30(43)20-4-7-23(32)8-5-20/h4-9,14,24-25,42H,10-13,15-19H2,1-3H3,(H,36,43). The number of β-amino-alcohol motifs (C(OH)–C–C–N with tert-alkyl or cyclic N) is 1. The van der Waals surface area contributed by atoms with Crippen molar-refractivity contribution in [1.82, 2.24) is 29.2 Å². The molecule has 3 aromatic rings. The highest BCUT2D eigenvalue weighted by Crippen LogP contribution is 2.37. The number of hydrogen-bond donors (Lipinski definition) is 2. The first-order valence-corrected chi connectivity index (χ1v) is 16.8. The molecule has 1 amide bonds. The molecule has 0 bridgehead atoms. The Morgan fingerprint density at radius 2 is 1.85 bits per heavy atom. The number of sulfonamides is 1. The summed E-state index contributed by atoms with van der Waals surface area (Å²) >= 11 is 0. The number of hydrogen-bond acceptors (Lipinski definition) is 7. The summed E-state index contributed by atoms with van der Waals surface area (Å²) < 4.78 is 83.2. The minimum Gasteiger partial charge on any atom is -0.390 e. The van der Waals surface area contributed by atoms with E-state index >= 15 is 0 Å². The predicted octanol–water partition coefficient (Wildman–Crippen LogP) is 2.95. The van der Waals surface area contributed by atoms with Gasteiger partial charge in [0.15, 0.2) is 0 Å². The van der Waals surface area contributed by atoms with E-state index < -0.39 is 46.1 Å². The zero-order chi connectivity index (χ0) is 33.4. The highest BCUT2D eigenvalue weighted by atomic mass is 32.2. The Hall–Kier alpha value is -3.37. The molecule has 2 aliphatic rings. The third kappa shape index (κ3) is 7.77. The van der Waals surface area contributed by atoms with Crippen molar-refractivity contribution in [3.63, 3.8) is 0 Å². The van der Waals surface area contributed by atoms with E-state index in [1.807, 2.05) is 14.1 Å². The van der Waals surface area contributed by atoms with Crippen molar-refractivity contribution in [1.29, 1.82) is 0 Å². The molecule has 0 radical (unpaired) electrons. The van der Waals surface area contributed by atoms with E-state index in [4.69, 9.17) is 5.10 Å². The van der Waals surface area contributed by atoms with Crippen LogP contribution in [0, 0.1) is 5.82 Å². The van der Waals surface area contributed by atoms with Gasteiger partial charge in [-0.25, -0.2) is 12.8 Å². The van der Waals surface area contributed by atoms with Gasteiger partial charge in [0.05, 0.1) is 30.2 Å². The van der Waals surface area contributed by atoms with E-state index in [0.717, 1.165) is 44.0 Å². The first-order valence-electron chi connectivity index (χ1n) is 14.9. The van der Waals surface area contributed by atoms with Crippen molar-refractivity contribution >= 4 is 15.9 Å². The van der Waals surface area contributed by atoms with E-state index in [-0.39, 0.29) is 30.8 Å². The van der Waals surface area contributed by atoms with E-state index in [9.17, 15) is 35.9 Å². The summed E-state index contributed by atoms with van der Waals surface area (Å²) in [5.41, 5.74) is 0.815. The Labute approximate surface area is 265 Å². The van der Waals surface area contributed by atoms with Crippen LogP contribution in [0.1, 0.15) is 39.2 Å². The molecule has 46 heavy (non-hydrogen) atoms. The zero-order valence-corrected chi connectivity index (χ0v) is 26.7. The second-order valence-corrected chi connectivity index (χ2v) is 14.2. The summed E-state index contributed by atoms with van der Waals surface area (Å²) in [7, 11) is 0.469. The fourth-order valence-electron chi connectivity index (χ4n) is 6.13. The van der Waals surface area contributed by atoms with Gasteiger partial charge in [-0.3, -0.25) is 14.4 Å². The van der Waals surface area contributed by atoms with Crippen molar-refractivity contribution in [2.24, 2.45) is 0 Å². The number of aliphatic hydroxyl groups is 1. The Balaban J connectivity index is 1.45. The number of fused-ring (bicyclic) bond motifs is 1. The van der Waals surface area contributed by atoms with E-state index in [1.54, 1.807) is 4.68 Å². The van der Waals surface area contributed by atoms with Crippen LogP contribution < -0.4 is 5.32 Å². The lowest BCUT2D eigenvalue weighted by Crippen LogP contribution is -2.38. The zero-order valence-electron chi connectivity index (χ0n) is 25.9. The average Bonchev–Trinajstić information content (AvgIpc) is 3.60. The molecule has 1 aromatic heterocycles. The SMILES string of the molecule is CN(C)C1CCN(CC(O)Cn2nc(-c3ccc(C(F)(F)F)c(CNC(=O)c4ccc(F)cc4)c3)c3c2CCN(S(C)(=O)=O)C3)C1. The van der Waals surface area contributed by atoms with Gasteiger partial charge < -0.3 is 15.3 Å². The number of aromatic nitrogens is 2. The third-order valence-electron chi connectivity index (χ3n) is 8.63. The molecule has 0 saturated carbocycles. The number of likely N-dealkylation sites (N-methyl/N-ethyl adjacent to an activating group) is 1. The topological polar surface area (TPSA) is 111 Å². The monoisotopic (exact) mass is 666 g/mol. The van der Waals surface area contributed by atoms with Crippen molar-refractivity contribution < 1.29 is 35.9 Å². The minimum atomic E-state index is -4.72. The van der Waals surface area contributed by atoms with Crippen LogP contribution in [0.15, 0.2) is 42.5 Å². The molecule has 2 atom stereocenters. The van der Waals surface area contributed by atoms with Crippen molar-refractivity contribution in [2.75, 3.05) is 46.5 Å². The number of benzene rings is 2. The van der Waals surface area contributed by atoms with Crippen LogP contribution in [0.5, 0.6) is 0 Å². The van der Waals surface area contributed by atoms with Crippen molar-refractivity contribution in [3.05, 3.63) is 76.2 Å². The summed E-state index contributed by atoms with van der Waals surface area (Å²) in [4.78, 5) is 17.0. The van der Waals surface area contributed by atoms with Crippen LogP contribution in [0.3, 0.4) is 0 Å². The summed E-state index contributed by atoms with van der Waals surface area (Å²) in [6.07, 6.45) is -3.09. The molecule has 2 aliphatic heterocycles. The molecule has 0 spiro atoms. The van der Waals surface area contributed by atoms with Crippen LogP contribution in [0.25, 0.3) is 11.3 Å². The van der Waals surface area contributed by atoms with Crippen molar-refractivity contribution in [2.45, 2.75) is 50.8 Å². The summed E-state index contributed by atoms with van der Waals surface area (Å²) in [6, 6.07) is 8.52. The quantitative estimate of drug-likeness (QED) is 0.321. The maximum Gasteiger partial charge on any atom is 0.416 e. The minimum absolute atomic E-state index is 0.0199. The summed E-state index contributed by atoms with van der Waals surface area (Å²) in [5, 5.41) is 18.2. The second kappa shape index (κ2) is 13.4. The second-order valence-electron chi connectivity index (χ2n) is 12.2. The average molecular weight is 667 g/mol. The first-order chi connectivity index (χ1) is 21.6. The smallest absolute Gasteiger partial charge is 0.390 e. The summed E-state index contributed by atoms with van der Waals surface area (Å²) in [5.74, 6) is -1.23. The van der Waals surface area contributed by atoms with E-state index in [2.05, 4.69) is 15.1 Å². The Bertz CT molecular complexity index is 1680. The number of amides is 1. The number of carbonyl (C=O) groups is 1. The van der Waals surface area contributed by atoms with Gasteiger partial charge in [-0.2, -0.15) is 22.6 Å². The largest absolute Gasteiger partial charge is 0.416 e. The molecular weight excluding hydrogens is 628 g/mol. The van der Waals surface area contributed by atoms with Gasteiger partial charge in [0.25, 0.3) is 5.91 Å². The number of nitrogens with zero attached hydrogens (tertiary/aromatic N) is 5. The van der Waals surface area contributed by atoms with Crippen LogP contribution >= 0.6 is 0 Å². The number of rotatable bonds is 10. The number of nitrogens with one attached hydrogen (secondary N) is 1. The number of halogens is 4. The van der Waals surface area contributed by atoms with Crippen LogP contribution in [-0.4, -0.2) is 102 Å². The molecule has 5 rings (SSSR count). The van der Waals surface area contributed by atoms with Crippen LogP contribution in [0.4, 0.5) is 17.6 Å². The van der Waals surface area contributed by atoms with Gasteiger partial charge in [-0.15, -0.1) is 0 Å². The fourth-order valence-corrected chi connectivity index (χ4v) is 6.92. The number of likely N-dealkylation sites (tertiary alicyclic amines) is 1. The summed E-state index contributed by atoms with van der Waals surface area (Å²) in [6.45, 7) is 1.93.